The number of aromatic nitrogens is 2. The van der Waals surface area contributed by atoms with E-state index in [-0.39, 0.29) is 6.61 Å². The Bertz CT molecular complexity index is 1740. The second-order valence-corrected chi connectivity index (χ2v) is 13.3. The van der Waals surface area contributed by atoms with E-state index in [9.17, 15) is 9.59 Å². The molecule has 0 amide bonds. The van der Waals surface area contributed by atoms with Gasteiger partial charge in [0, 0.05) is 31.3 Å². The summed E-state index contributed by atoms with van der Waals surface area (Å²) in [6, 6.07) is 25.6. The Balaban J connectivity index is 1.59. The van der Waals surface area contributed by atoms with E-state index in [1.807, 2.05) is 78.9 Å². The fraction of sp³-hybridized carbons (Fsp3) is 0.368. The highest BCUT2D eigenvalue weighted by atomic mass is 31.2. The van der Waals surface area contributed by atoms with Crippen molar-refractivity contribution >= 4 is 8.53 Å². The highest BCUT2D eigenvalue weighted by molar-refractivity contribution is 7.44. The van der Waals surface area contributed by atoms with E-state index in [2.05, 4.69) is 30.1 Å². The van der Waals surface area contributed by atoms with Gasteiger partial charge in [-0.1, -0.05) is 74.5 Å². The minimum Gasteiger partial charge on any atom is -0.497 e. The second kappa shape index (κ2) is 17.2. The van der Waals surface area contributed by atoms with Gasteiger partial charge in [-0.25, -0.2) is 9.46 Å². The molecule has 1 unspecified atom stereocenters. The van der Waals surface area contributed by atoms with Crippen molar-refractivity contribution in [1.29, 1.82) is 0 Å². The van der Waals surface area contributed by atoms with Crippen LogP contribution >= 0.6 is 8.53 Å². The largest absolute Gasteiger partial charge is 0.497 e. The molecule has 1 aliphatic rings. The van der Waals surface area contributed by atoms with Crippen LogP contribution in [0.15, 0.2) is 107 Å². The fourth-order valence-corrected chi connectivity index (χ4v) is 7.58. The smallest absolute Gasteiger partial charge is 0.330 e. The van der Waals surface area contributed by atoms with Crippen molar-refractivity contribution in [2.45, 2.75) is 51.2 Å². The Morgan fingerprint density at radius 3 is 2.06 bits per heavy atom. The molecule has 0 aliphatic carbocycles. The summed E-state index contributed by atoms with van der Waals surface area (Å²) in [5.74, 6) is 1.43. The standard InChI is InChI=1S/C38H46N3O8P/c1-7-23-47-50(40(8-2)9-3)49-33-24-35(41-25-27(4)36(42)39-37(41)43)48-34(33)26-46-38(28-13-11-10-12-14-28,29-15-19-31(44-5)20-16-29)30-17-21-32(45-6)22-18-30/h7,10-22,25,33-35H,1,8-9,23-24,26H2,2-6H3,(H,39,42,43)/t33-,34+,35+,50?/m0/s1. The Labute approximate surface area is 294 Å². The monoisotopic (exact) mass is 703 g/mol. The molecule has 4 atom stereocenters. The van der Waals surface area contributed by atoms with Crippen LogP contribution in [0.5, 0.6) is 11.5 Å². The molecular weight excluding hydrogens is 657 g/mol. The van der Waals surface area contributed by atoms with Crippen molar-refractivity contribution in [2.24, 2.45) is 0 Å². The molecule has 11 nitrogen and oxygen atoms in total. The minimum absolute atomic E-state index is 0.0775. The zero-order chi connectivity index (χ0) is 35.7. The molecule has 5 rings (SSSR count). The number of benzene rings is 3. The maximum Gasteiger partial charge on any atom is 0.330 e. The minimum atomic E-state index is -1.50. The van der Waals surface area contributed by atoms with Gasteiger partial charge in [-0.3, -0.25) is 14.3 Å². The first-order valence-corrected chi connectivity index (χ1v) is 17.8. The summed E-state index contributed by atoms with van der Waals surface area (Å²) < 4.78 is 41.2. The van der Waals surface area contributed by atoms with Crippen molar-refractivity contribution < 1.29 is 28.0 Å². The highest BCUT2D eigenvalue weighted by Gasteiger charge is 2.44. The highest BCUT2D eigenvalue weighted by Crippen LogP contribution is 2.48. The molecule has 2 heterocycles. The Morgan fingerprint density at radius 2 is 1.52 bits per heavy atom. The summed E-state index contributed by atoms with van der Waals surface area (Å²) in [5, 5.41) is 0. The summed E-state index contributed by atoms with van der Waals surface area (Å²) in [6.07, 6.45) is 1.65. The zero-order valence-corrected chi connectivity index (χ0v) is 30.1. The van der Waals surface area contributed by atoms with Crippen molar-refractivity contribution in [3.8, 4) is 11.5 Å². The van der Waals surface area contributed by atoms with E-state index in [0.717, 1.165) is 16.7 Å². The molecule has 1 aromatic heterocycles. The van der Waals surface area contributed by atoms with Crippen molar-refractivity contribution in [3.05, 3.63) is 141 Å². The Hall–Kier alpha value is -4.09. The first-order chi connectivity index (χ1) is 24.3. The van der Waals surface area contributed by atoms with E-state index in [1.165, 1.54) is 10.8 Å². The molecule has 1 fully saturated rings. The van der Waals surface area contributed by atoms with Gasteiger partial charge in [-0.15, -0.1) is 6.58 Å². The number of nitrogens with one attached hydrogen (secondary N) is 1. The number of aromatic amines is 1. The van der Waals surface area contributed by atoms with Gasteiger partial charge in [-0.2, -0.15) is 0 Å². The first kappa shape index (κ1) is 37.2. The van der Waals surface area contributed by atoms with Crippen LogP contribution in [-0.4, -0.2) is 67.0 Å². The Kier molecular flexibility index (Phi) is 12.8. The molecule has 0 radical (unpaired) electrons. The van der Waals surface area contributed by atoms with Crippen LogP contribution in [0.25, 0.3) is 0 Å². The number of hydrogen-bond donors (Lipinski definition) is 1. The van der Waals surface area contributed by atoms with Crippen LogP contribution in [0.1, 0.15) is 48.8 Å². The molecule has 1 aliphatic heterocycles. The molecule has 266 valence electrons. The summed E-state index contributed by atoms with van der Waals surface area (Å²) in [7, 11) is 1.76. The lowest BCUT2D eigenvalue weighted by Crippen LogP contribution is -2.39. The second-order valence-electron chi connectivity index (χ2n) is 11.8. The van der Waals surface area contributed by atoms with Crippen LogP contribution in [0.4, 0.5) is 0 Å². The quantitative estimate of drug-likeness (QED) is 0.0768. The van der Waals surface area contributed by atoms with E-state index >= 15 is 0 Å². The molecule has 12 heteroatoms. The number of nitrogens with zero attached hydrogens (tertiary/aromatic N) is 2. The number of H-pyrrole nitrogens is 1. The van der Waals surface area contributed by atoms with Gasteiger partial charge in [0.05, 0.1) is 33.5 Å². The SMILES string of the molecule is C=CCOP(O[C@H]1C[C@H](n2cc(C)c(=O)[nH]c2=O)O[C@@H]1COC(c1ccccc1)(c1ccc(OC)cc1)c1ccc(OC)cc1)N(CC)CC. The van der Waals surface area contributed by atoms with Crippen molar-refractivity contribution in [2.75, 3.05) is 40.5 Å². The third-order valence-corrected chi connectivity index (χ3v) is 10.6. The first-order valence-electron chi connectivity index (χ1n) is 16.7. The van der Waals surface area contributed by atoms with Gasteiger partial charge in [0.25, 0.3) is 14.1 Å². The number of methoxy groups -OCH3 is 2. The summed E-state index contributed by atoms with van der Waals surface area (Å²) in [5.41, 5.74) is 0.936. The van der Waals surface area contributed by atoms with Crippen molar-refractivity contribution in [1.82, 2.24) is 14.2 Å². The lowest BCUT2D eigenvalue weighted by Gasteiger charge is -2.37. The topological polar surface area (TPSA) is 113 Å². The van der Waals surface area contributed by atoms with Crippen LogP contribution in [0.2, 0.25) is 0 Å². The molecule has 0 saturated carbocycles. The van der Waals surface area contributed by atoms with Crippen LogP contribution < -0.4 is 20.7 Å². The average Bonchev–Trinajstić information content (AvgIpc) is 3.55. The van der Waals surface area contributed by atoms with Gasteiger partial charge in [0.15, 0.2) is 0 Å². The molecule has 0 bridgehead atoms. The summed E-state index contributed by atoms with van der Waals surface area (Å²) in [6.45, 7) is 11.4. The van der Waals surface area contributed by atoms with Crippen LogP contribution in [-0.2, 0) is 24.1 Å². The number of aryl methyl sites for hydroxylation is 1. The average molecular weight is 704 g/mol. The third-order valence-electron chi connectivity index (χ3n) is 8.76. The maximum atomic E-state index is 13.0. The van der Waals surface area contributed by atoms with Crippen LogP contribution in [0.3, 0.4) is 0 Å². The van der Waals surface area contributed by atoms with Gasteiger partial charge >= 0.3 is 5.69 Å². The summed E-state index contributed by atoms with van der Waals surface area (Å²) >= 11 is 0. The predicted molar refractivity (Wildman–Crippen MR) is 194 cm³/mol. The third kappa shape index (κ3) is 8.10. The molecule has 1 saturated heterocycles. The normalized spacial score (nSPS) is 18.2. The van der Waals surface area contributed by atoms with Gasteiger partial charge < -0.3 is 28.0 Å². The maximum absolute atomic E-state index is 13.0. The predicted octanol–water partition coefficient (Wildman–Crippen LogP) is 6.31. The zero-order valence-electron chi connectivity index (χ0n) is 29.2. The lowest BCUT2D eigenvalue weighted by molar-refractivity contribution is -0.0923. The molecule has 50 heavy (non-hydrogen) atoms. The lowest BCUT2D eigenvalue weighted by atomic mass is 9.80. The number of rotatable bonds is 17. The summed E-state index contributed by atoms with van der Waals surface area (Å²) in [4.78, 5) is 27.6. The molecule has 1 N–H and O–H groups in total. The number of hydrogen-bond acceptors (Lipinski definition) is 9. The molecule has 0 spiro atoms. The molecular formula is C38H46N3O8P. The van der Waals surface area contributed by atoms with Gasteiger partial charge in [0.2, 0.25) is 0 Å². The molecule has 3 aromatic carbocycles. The van der Waals surface area contributed by atoms with Crippen LogP contribution in [0, 0.1) is 6.92 Å². The van der Waals surface area contributed by atoms with E-state index < -0.39 is 43.8 Å². The van der Waals surface area contributed by atoms with Gasteiger partial charge in [0.1, 0.15) is 29.4 Å². The van der Waals surface area contributed by atoms with Gasteiger partial charge in [-0.05, 0) is 47.9 Å². The van der Waals surface area contributed by atoms with Crippen molar-refractivity contribution in [3.63, 3.8) is 0 Å². The van der Waals surface area contributed by atoms with E-state index in [0.29, 0.717) is 43.2 Å². The van der Waals surface area contributed by atoms with E-state index in [1.54, 1.807) is 27.2 Å². The molecule has 4 aromatic rings. The van der Waals surface area contributed by atoms with E-state index in [4.69, 9.17) is 28.0 Å². The number of ether oxygens (including phenoxy) is 4. The Morgan fingerprint density at radius 1 is 0.940 bits per heavy atom. The fourth-order valence-electron chi connectivity index (χ4n) is 6.08.